The van der Waals surface area contributed by atoms with E-state index in [0.717, 1.165) is 6.54 Å². The van der Waals surface area contributed by atoms with Gasteiger partial charge < -0.3 is 24.4 Å². The maximum atomic E-state index is 13.2. The summed E-state index contributed by atoms with van der Waals surface area (Å²) >= 11 is 0. The number of methoxy groups -OCH3 is 2. The Balaban J connectivity index is 2.23. The van der Waals surface area contributed by atoms with E-state index in [1.807, 2.05) is 19.0 Å². The van der Waals surface area contributed by atoms with Crippen LogP contribution < -0.4 is 9.47 Å². The summed E-state index contributed by atoms with van der Waals surface area (Å²) in [5.41, 5.74) is 2.14. The summed E-state index contributed by atoms with van der Waals surface area (Å²) < 4.78 is 11.0. The normalized spacial score (nSPS) is 18.0. The van der Waals surface area contributed by atoms with E-state index >= 15 is 0 Å². The van der Waals surface area contributed by atoms with Crippen molar-refractivity contribution in [3.8, 4) is 11.5 Å². The summed E-state index contributed by atoms with van der Waals surface area (Å²) in [5, 5.41) is 18.2. The molecule has 1 atom stereocenters. The fourth-order valence-electron chi connectivity index (χ4n) is 4.15. The van der Waals surface area contributed by atoms with Crippen LogP contribution in [0.15, 0.2) is 23.8 Å². The number of aliphatic hydroxyl groups excluding tert-OH is 1. The molecule has 0 bridgehead atoms. The Morgan fingerprint density at radius 3 is 2.50 bits per heavy atom. The monoisotopic (exact) mass is 442 g/mol. The van der Waals surface area contributed by atoms with Crippen molar-refractivity contribution in [3.05, 3.63) is 46.3 Å². The number of H-pyrrole nitrogens is 1. The van der Waals surface area contributed by atoms with E-state index < -0.39 is 17.7 Å². The number of aromatic nitrogens is 2. The minimum Gasteiger partial charge on any atom is -0.507 e. The number of aryl methyl sites for hydroxylation is 2. The highest BCUT2D eigenvalue weighted by molar-refractivity contribution is 6.46. The molecule has 1 aliphatic rings. The van der Waals surface area contributed by atoms with Gasteiger partial charge in [0.1, 0.15) is 5.76 Å². The molecule has 3 rings (SSSR count). The van der Waals surface area contributed by atoms with Crippen LogP contribution in [0, 0.1) is 13.8 Å². The number of likely N-dealkylation sites (tertiary alicyclic amines) is 1. The van der Waals surface area contributed by atoms with Gasteiger partial charge in [-0.15, -0.1) is 0 Å². The van der Waals surface area contributed by atoms with Crippen molar-refractivity contribution in [1.82, 2.24) is 20.0 Å². The Labute approximate surface area is 187 Å². The van der Waals surface area contributed by atoms with Gasteiger partial charge in [-0.25, -0.2) is 0 Å². The number of rotatable bonds is 8. The Morgan fingerprint density at radius 1 is 1.22 bits per heavy atom. The van der Waals surface area contributed by atoms with Crippen LogP contribution >= 0.6 is 0 Å². The Bertz CT molecular complexity index is 1040. The van der Waals surface area contributed by atoms with E-state index in [1.165, 1.54) is 19.1 Å². The lowest BCUT2D eigenvalue weighted by Gasteiger charge is -2.27. The molecule has 1 aromatic carbocycles. The molecule has 1 aromatic heterocycles. The third-order valence-electron chi connectivity index (χ3n) is 5.64. The number of hydrogen-bond donors (Lipinski definition) is 2. The second kappa shape index (κ2) is 9.44. The number of nitrogens with one attached hydrogen (secondary N) is 1. The predicted molar refractivity (Wildman–Crippen MR) is 120 cm³/mol. The lowest BCUT2D eigenvalue weighted by atomic mass is 9.93. The fraction of sp³-hybridized carbons (Fsp3) is 0.435. The summed E-state index contributed by atoms with van der Waals surface area (Å²) in [6, 6.07) is 4.46. The summed E-state index contributed by atoms with van der Waals surface area (Å²) in [7, 11) is 6.92. The zero-order valence-electron chi connectivity index (χ0n) is 19.4. The first-order valence-corrected chi connectivity index (χ1v) is 10.4. The van der Waals surface area contributed by atoms with Crippen LogP contribution in [0.5, 0.6) is 11.5 Å². The van der Waals surface area contributed by atoms with Crippen LogP contribution in [0.25, 0.3) is 5.76 Å². The van der Waals surface area contributed by atoms with Gasteiger partial charge in [0, 0.05) is 17.8 Å². The van der Waals surface area contributed by atoms with Gasteiger partial charge in [0.25, 0.3) is 11.7 Å². The van der Waals surface area contributed by atoms with Gasteiger partial charge in [-0.05, 0) is 47.0 Å². The standard InChI is InChI=1S/C23H30N4O5/c1-13-17(14(2)25-24-13)20(28)18-19(15-9-7-10-16(31-5)22(15)32-6)27(23(30)21(18)29)12-8-11-26(3)4/h7,9-10,19,28H,8,11-12H2,1-6H3,(H,24,25)/t19-/m0/s1. The molecule has 9 heteroatoms. The number of Topliss-reactive ketones (excluding diaryl/α,β-unsaturated/α-hetero) is 1. The quantitative estimate of drug-likeness (QED) is 0.367. The van der Waals surface area contributed by atoms with E-state index in [-0.39, 0.29) is 11.3 Å². The lowest BCUT2D eigenvalue weighted by Crippen LogP contribution is -2.32. The molecule has 0 unspecified atom stereocenters. The minimum absolute atomic E-state index is 0.0130. The van der Waals surface area contributed by atoms with E-state index in [1.54, 1.807) is 32.0 Å². The van der Waals surface area contributed by atoms with Gasteiger partial charge >= 0.3 is 0 Å². The highest BCUT2D eigenvalue weighted by Crippen LogP contribution is 2.45. The zero-order chi connectivity index (χ0) is 23.6. The molecule has 172 valence electrons. The average Bonchev–Trinajstić information content (AvgIpc) is 3.22. The second-order valence-corrected chi connectivity index (χ2v) is 8.04. The van der Waals surface area contributed by atoms with Crippen molar-refractivity contribution in [1.29, 1.82) is 0 Å². The fourth-order valence-corrected chi connectivity index (χ4v) is 4.15. The van der Waals surface area contributed by atoms with Gasteiger partial charge in [0.15, 0.2) is 11.5 Å². The van der Waals surface area contributed by atoms with Crippen molar-refractivity contribution in [2.75, 3.05) is 41.4 Å². The molecule has 2 aromatic rings. The van der Waals surface area contributed by atoms with Crippen molar-refractivity contribution < 1.29 is 24.2 Å². The van der Waals surface area contributed by atoms with Crippen LogP contribution in [-0.2, 0) is 9.59 Å². The predicted octanol–water partition coefficient (Wildman–Crippen LogP) is 2.42. The number of nitrogens with zero attached hydrogens (tertiary/aromatic N) is 3. The summed E-state index contributed by atoms with van der Waals surface area (Å²) in [6.45, 7) is 4.56. The summed E-state index contributed by atoms with van der Waals surface area (Å²) in [6.07, 6.45) is 0.659. The van der Waals surface area contributed by atoms with Gasteiger partial charge in [-0.1, -0.05) is 12.1 Å². The number of ketones is 1. The third-order valence-corrected chi connectivity index (χ3v) is 5.64. The van der Waals surface area contributed by atoms with E-state index in [2.05, 4.69) is 10.2 Å². The first-order valence-electron chi connectivity index (χ1n) is 10.4. The molecule has 2 N–H and O–H groups in total. The second-order valence-electron chi connectivity index (χ2n) is 8.04. The van der Waals surface area contributed by atoms with Crippen LogP contribution in [-0.4, -0.2) is 78.2 Å². The molecule has 1 amide bonds. The Morgan fingerprint density at radius 2 is 1.94 bits per heavy atom. The number of ether oxygens (including phenoxy) is 2. The van der Waals surface area contributed by atoms with Gasteiger partial charge in [-0.2, -0.15) is 5.10 Å². The largest absolute Gasteiger partial charge is 0.507 e. The number of carbonyl (C=O) groups is 2. The molecule has 2 heterocycles. The number of amides is 1. The summed E-state index contributed by atoms with van der Waals surface area (Å²) in [5.74, 6) is -0.760. The number of hydrogen-bond acceptors (Lipinski definition) is 7. The summed E-state index contributed by atoms with van der Waals surface area (Å²) in [4.78, 5) is 29.8. The third kappa shape index (κ3) is 4.08. The van der Waals surface area contributed by atoms with Crippen LogP contribution in [0.3, 0.4) is 0 Å². The van der Waals surface area contributed by atoms with Gasteiger partial charge in [0.05, 0.1) is 37.1 Å². The number of aromatic amines is 1. The van der Waals surface area contributed by atoms with Crippen molar-refractivity contribution in [2.45, 2.75) is 26.3 Å². The topological polar surface area (TPSA) is 108 Å². The van der Waals surface area contributed by atoms with Crippen molar-refractivity contribution >= 4 is 17.4 Å². The van der Waals surface area contributed by atoms with E-state index in [4.69, 9.17) is 9.47 Å². The minimum atomic E-state index is -0.823. The maximum absolute atomic E-state index is 13.2. The van der Waals surface area contributed by atoms with Gasteiger partial charge in [-0.3, -0.25) is 14.7 Å². The molecular weight excluding hydrogens is 412 g/mol. The van der Waals surface area contributed by atoms with Crippen molar-refractivity contribution in [3.63, 3.8) is 0 Å². The molecule has 0 aliphatic carbocycles. The average molecular weight is 443 g/mol. The molecule has 0 saturated carbocycles. The van der Waals surface area contributed by atoms with Crippen LogP contribution in [0.2, 0.25) is 0 Å². The Hall–Kier alpha value is -3.33. The first kappa shape index (κ1) is 23.3. The van der Waals surface area contributed by atoms with Crippen LogP contribution in [0.4, 0.5) is 0 Å². The highest BCUT2D eigenvalue weighted by Gasteiger charge is 2.47. The molecule has 0 spiro atoms. The molecule has 0 radical (unpaired) electrons. The van der Waals surface area contributed by atoms with Crippen molar-refractivity contribution in [2.24, 2.45) is 0 Å². The van der Waals surface area contributed by atoms with E-state index in [9.17, 15) is 14.7 Å². The molecular formula is C23H30N4O5. The van der Waals surface area contributed by atoms with Crippen LogP contribution in [0.1, 0.15) is 35.0 Å². The molecule has 32 heavy (non-hydrogen) atoms. The van der Waals surface area contributed by atoms with Gasteiger partial charge in [0.2, 0.25) is 0 Å². The smallest absolute Gasteiger partial charge is 0.295 e. The molecule has 9 nitrogen and oxygen atoms in total. The number of aliphatic hydroxyl groups is 1. The zero-order valence-corrected chi connectivity index (χ0v) is 19.4. The SMILES string of the molecule is COc1cccc([C@H]2C(=C(O)c3c(C)n[nH]c3C)C(=O)C(=O)N2CCCN(C)C)c1OC. The molecule has 1 fully saturated rings. The number of benzene rings is 1. The molecule has 1 aliphatic heterocycles. The highest BCUT2D eigenvalue weighted by atomic mass is 16.5. The maximum Gasteiger partial charge on any atom is 0.295 e. The van der Waals surface area contributed by atoms with E-state index in [0.29, 0.717) is 47.0 Å². The molecule has 1 saturated heterocycles. The number of para-hydroxylation sites is 1. The lowest BCUT2D eigenvalue weighted by molar-refractivity contribution is -0.140. The Kier molecular flexibility index (Phi) is 6.88. The first-order chi connectivity index (χ1) is 15.2. The number of carbonyl (C=O) groups excluding carboxylic acids is 2.